The Kier molecular flexibility index (Phi) is 7.78. The molecule has 5 heteroatoms. The van der Waals surface area contributed by atoms with Crippen molar-refractivity contribution in [3.05, 3.63) is 125 Å². The monoisotopic (exact) mass is 467 g/mol. The largest absolute Gasteiger partial charge is 0.455 e. The van der Waals surface area contributed by atoms with Crippen LogP contribution in [-0.2, 0) is 31.6 Å². The van der Waals surface area contributed by atoms with Crippen molar-refractivity contribution in [2.75, 3.05) is 0 Å². The predicted octanol–water partition coefficient (Wildman–Crippen LogP) is 6.10. The lowest BCUT2D eigenvalue weighted by molar-refractivity contribution is 0.0918. The molecule has 2 aromatic heterocycles. The highest BCUT2D eigenvalue weighted by Crippen LogP contribution is 2.23. The summed E-state index contributed by atoms with van der Waals surface area (Å²) in [5.74, 6) is 0.866. The SMILES string of the molecule is CC(C)(C)c1ccc(CN(Cc2ccccc2)Cc2ccc(C(=O)NCc3ccncc3)o2)cc1. The number of amides is 1. The van der Waals surface area contributed by atoms with Gasteiger partial charge in [0.2, 0.25) is 0 Å². The lowest BCUT2D eigenvalue weighted by Gasteiger charge is -2.23. The lowest BCUT2D eigenvalue weighted by atomic mass is 9.87. The van der Waals surface area contributed by atoms with Gasteiger partial charge in [-0.3, -0.25) is 14.7 Å². The minimum absolute atomic E-state index is 0.130. The van der Waals surface area contributed by atoms with Crippen LogP contribution in [0.1, 0.15) is 59.3 Å². The van der Waals surface area contributed by atoms with Crippen molar-refractivity contribution < 1.29 is 9.21 Å². The molecule has 1 amide bonds. The fourth-order valence-electron chi connectivity index (χ4n) is 3.95. The predicted molar refractivity (Wildman–Crippen MR) is 139 cm³/mol. The van der Waals surface area contributed by atoms with E-state index in [2.05, 4.69) is 84.5 Å². The number of pyridine rings is 1. The van der Waals surface area contributed by atoms with Gasteiger partial charge in [-0.05, 0) is 51.9 Å². The Balaban J connectivity index is 1.44. The summed E-state index contributed by atoms with van der Waals surface area (Å²) in [6.45, 7) is 9.29. The number of nitrogens with one attached hydrogen (secondary N) is 1. The number of benzene rings is 2. The molecule has 35 heavy (non-hydrogen) atoms. The Morgan fingerprint density at radius 3 is 2.11 bits per heavy atom. The van der Waals surface area contributed by atoms with Crippen LogP contribution in [0, 0.1) is 0 Å². The molecular weight excluding hydrogens is 434 g/mol. The summed E-state index contributed by atoms with van der Waals surface area (Å²) in [4.78, 5) is 18.9. The second-order valence-electron chi connectivity index (χ2n) is 9.88. The fourth-order valence-corrected chi connectivity index (χ4v) is 3.95. The molecule has 2 aromatic carbocycles. The van der Waals surface area contributed by atoms with Gasteiger partial charge in [-0.15, -0.1) is 0 Å². The van der Waals surface area contributed by atoms with Gasteiger partial charge in [-0.25, -0.2) is 0 Å². The summed E-state index contributed by atoms with van der Waals surface area (Å²) < 4.78 is 5.94. The van der Waals surface area contributed by atoms with Crippen LogP contribution in [0.4, 0.5) is 0 Å². The van der Waals surface area contributed by atoms with Crippen LogP contribution in [0.3, 0.4) is 0 Å². The topological polar surface area (TPSA) is 58.4 Å². The number of carbonyl (C=O) groups excluding carboxylic acids is 1. The fraction of sp³-hybridized carbons (Fsp3) is 0.267. The molecule has 0 fully saturated rings. The average Bonchev–Trinajstić information content (AvgIpc) is 3.32. The third-order valence-corrected chi connectivity index (χ3v) is 5.94. The number of hydrogen-bond acceptors (Lipinski definition) is 4. The maximum atomic E-state index is 12.6. The van der Waals surface area contributed by atoms with Crippen molar-refractivity contribution in [3.63, 3.8) is 0 Å². The Hall–Kier alpha value is -3.70. The van der Waals surface area contributed by atoms with E-state index in [0.29, 0.717) is 18.8 Å². The summed E-state index contributed by atoms with van der Waals surface area (Å²) >= 11 is 0. The van der Waals surface area contributed by atoms with Gasteiger partial charge in [0.1, 0.15) is 5.76 Å². The highest BCUT2D eigenvalue weighted by atomic mass is 16.4. The zero-order valence-corrected chi connectivity index (χ0v) is 20.7. The number of furan rings is 1. The van der Waals surface area contributed by atoms with Crippen LogP contribution < -0.4 is 5.32 Å². The van der Waals surface area contributed by atoms with E-state index in [1.807, 2.05) is 24.3 Å². The maximum absolute atomic E-state index is 12.6. The van der Waals surface area contributed by atoms with Crippen molar-refractivity contribution in [2.24, 2.45) is 0 Å². The van der Waals surface area contributed by atoms with E-state index in [4.69, 9.17) is 4.42 Å². The summed E-state index contributed by atoms with van der Waals surface area (Å²) in [7, 11) is 0. The molecule has 0 unspecified atom stereocenters. The molecule has 5 nitrogen and oxygen atoms in total. The van der Waals surface area contributed by atoms with Gasteiger partial charge in [0.25, 0.3) is 5.91 Å². The smallest absolute Gasteiger partial charge is 0.287 e. The zero-order valence-electron chi connectivity index (χ0n) is 20.7. The minimum Gasteiger partial charge on any atom is -0.455 e. The normalized spacial score (nSPS) is 11.5. The van der Waals surface area contributed by atoms with E-state index in [1.165, 1.54) is 16.7 Å². The second-order valence-corrected chi connectivity index (χ2v) is 9.88. The Morgan fingerprint density at radius 2 is 1.46 bits per heavy atom. The van der Waals surface area contributed by atoms with Gasteiger partial charge >= 0.3 is 0 Å². The average molecular weight is 468 g/mol. The van der Waals surface area contributed by atoms with E-state index < -0.39 is 0 Å². The first kappa shape index (κ1) is 24.4. The van der Waals surface area contributed by atoms with Crippen LogP contribution in [0.15, 0.2) is 95.7 Å². The van der Waals surface area contributed by atoms with Crippen LogP contribution in [0.25, 0.3) is 0 Å². The standard InChI is InChI=1S/C30H33N3O2/c1-30(2,3)26-11-9-25(10-12-26)21-33(20-24-7-5-4-6-8-24)22-27-13-14-28(35-27)29(34)32-19-23-15-17-31-18-16-23/h4-18H,19-22H2,1-3H3,(H,32,34). The number of nitrogens with zero attached hydrogens (tertiary/aromatic N) is 2. The molecule has 2 heterocycles. The molecular formula is C30H33N3O2. The molecule has 0 radical (unpaired) electrons. The van der Waals surface area contributed by atoms with Gasteiger partial charge in [-0.2, -0.15) is 0 Å². The van der Waals surface area contributed by atoms with Crippen molar-refractivity contribution in [3.8, 4) is 0 Å². The first-order valence-corrected chi connectivity index (χ1v) is 12.0. The van der Waals surface area contributed by atoms with Crippen molar-refractivity contribution in [1.82, 2.24) is 15.2 Å². The van der Waals surface area contributed by atoms with Crippen LogP contribution >= 0.6 is 0 Å². The molecule has 0 atom stereocenters. The van der Waals surface area contributed by atoms with Gasteiger partial charge in [0, 0.05) is 32.0 Å². The van der Waals surface area contributed by atoms with Gasteiger partial charge in [0.05, 0.1) is 6.54 Å². The molecule has 4 aromatic rings. The molecule has 0 bridgehead atoms. The van der Waals surface area contributed by atoms with E-state index in [-0.39, 0.29) is 11.3 Å². The highest BCUT2D eigenvalue weighted by molar-refractivity contribution is 5.91. The van der Waals surface area contributed by atoms with E-state index in [0.717, 1.165) is 24.4 Å². The van der Waals surface area contributed by atoms with Gasteiger partial charge < -0.3 is 9.73 Å². The third-order valence-electron chi connectivity index (χ3n) is 5.94. The van der Waals surface area contributed by atoms with Crippen molar-refractivity contribution in [2.45, 2.75) is 52.4 Å². The van der Waals surface area contributed by atoms with Crippen molar-refractivity contribution >= 4 is 5.91 Å². The first-order valence-electron chi connectivity index (χ1n) is 12.0. The molecule has 0 aliphatic heterocycles. The molecule has 0 spiro atoms. The van der Waals surface area contributed by atoms with E-state index in [9.17, 15) is 4.79 Å². The number of hydrogen-bond donors (Lipinski definition) is 1. The van der Waals surface area contributed by atoms with Gasteiger partial charge in [-0.1, -0.05) is 75.4 Å². The summed E-state index contributed by atoms with van der Waals surface area (Å²) in [6, 6.07) is 26.7. The molecule has 0 aliphatic carbocycles. The number of carbonyl (C=O) groups is 1. The van der Waals surface area contributed by atoms with Crippen LogP contribution in [0.5, 0.6) is 0 Å². The number of rotatable bonds is 9. The first-order chi connectivity index (χ1) is 16.9. The molecule has 0 saturated heterocycles. The Morgan fingerprint density at radius 1 is 0.800 bits per heavy atom. The Labute approximate surface area is 207 Å². The number of aromatic nitrogens is 1. The zero-order chi connectivity index (χ0) is 24.7. The third kappa shape index (κ3) is 7.14. The molecule has 0 saturated carbocycles. The second kappa shape index (κ2) is 11.2. The van der Waals surface area contributed by atoms with Crippen LogP contribution in [-0.4, -0.2) is 15.8 Å². The van der Waals surface area contributed by atoms with Crippen LogP contribution in [0.2, 0.25) is 0 Å². The maximum Gasteiger partial charge on any atom is 0.287 e. The molecule has 1 N–H and O–H groups in total. The molecule has 4 rings (SSSR count). The summed E-state index contributed by atoms with van der Waals surface area (Å²) in [5, 5.41) is 2.90. The summed E-state index contributed by atoms with van der Waals surface area (Å²) in [5.41, 5.74) is 4.93. The van der Waals surface area contributed by atoms with E-state index in [1.54, 1.807) is 18.5 Å². The Bertz CT molecular complexity index is 1210. The molecule has 180 valence electrons. The van der Waals surface area contributed by atoms with E-state index >= 15 is 0 Å². The van der Waals surface area contributed by atoms with Crippen molar-refractivity contribution in [1.29, 1.82) is 0 Å². The molecule has 0 aliphatic rings. The highest BCUT2D eigenvalue weighted by Gasteiger charge is 2.16. The lowest BCUT2D eigenvalue weighted by Crippen LogP contribution is -2.23. The van der Waals surface area contributed by atoms with Gasteiger partial charge in [0.15, 0.2) is 5.76 Å². The quantitative estimate of drug-likeness (QED) is 0.323. The minimum atomic E-state index is -0.222. The summed E-state index contributed by atoms with van der Waals surface area (Å²) in [6.07, 6.45) is 3.43.